The van der Waals surface area contributed by atoms with Crippen LogP contribution in [0.15, 0.2) is 25.0 Å². The fraction of sp³-hybridized carbons (Fsp3) is 0.438. The van der Waals surface area contributed by atoms with E-state index in [1.54, 1.807) is 36.8 Å². The molecular weight excluding hydrogens is 320 g/mol. The Morgan fingerprint density at radius 3 is 2.92 bits per heavy atom. The monoisotopic (exact) mass is 340 g/mol. The van der Waals surface area contributed by atoms with Gasteiger partial charge in [-0.05, 0) is 18.8 Å². The molecule has 0 radical (unpaired) electrons. The highest BCUT2D eigenvalue weighted by Crippen LogP contribution is 2.25. The summed E-state index contributed by atoms with van der Waals surface area (Å²) >= 11 is 0. The van der Waals surface area contributed by atoms with E-state index in [1.165, 1.54) is 0 Å². The minimum atomic E-state index is -0.0644. The Balaban J connectivity index is 1.32. The van der Waals surface area contributed by atoms with Crippen LogP contribution in [0, 0.1) is 5.92 Å². The van der Waals surface area contributed by atoms with E-state index >= 15 is 0 Å². The second kappa shape index (κ2) is 6.50. The lowest BCUT2D eigenvalue weighted by Gasteiger charge is -2.32. The molecule has 9 heteroatoms. The lowest BCUT2D eigenvalue weighted by atomic mass is 9.96. The number of hydrogen-bond donors (Lipinski definition) is 2. The number of anilines is 1. The summed E-state index contributed by atoms with van der Waals surface area (Å²) in [5.74, 6) is 1.31. The number of aromatic nitrogens is 6. The van der Waals surface area contributed by atoms with E-state index in [-0.39, 0.29) is 5.91 Å². The fourth-order valence-corrected chi connectivity index (χ4v) is 3.22. The van der Waals surface area contributed by atoms with Gasteiger partial charge in [0.15, 0.2) is 11.5 Å². The zero-order chi connectivity index (χ0) is 17.2. The summed E-state index contributed by atoms with van der Waals surface area (Å²) in [6.45, 7) is 2.49. The molecule has 0 bridgehead atoms. The average Bonchev–Trinajstić information content (AvgIpc) is 3.28. The Bertz CT molecular complexity index is 877. The lowest BCUT2D eigenvalue weighted by Crippen LogP contribution is -2.39. The first-order valence-electron chi connectivity index (χ1n) is 8.36. The number of piperidine rings is 1. The van der Waals surface area contributed by atoms with Crippen LogP contribution >= 0.6 is 0 Å². The van der Waals surface area contributed by atoms with Gasteiger partial charge in [-0.1, -0.05) is 0 Å². The van der Waals surface area contributed by atoms with Gasteiger partial charge in [-0.2, -0.15) is 5.10 Å². The summed E-state index contributed by atoms with van der Waals surface area (Å²) in [6, 6.07) is 0. The van der Waals surface area contributed by atoms with E-state index in [4.69, 9.17) is 0 Å². The van der Waals surface area contributed by atoms with E-state index in [1.807, 2.05) is 0 Å². The molecule has 1 saturated heterocycles. The lowest BCUT2D eigenvalue weighted by molar-refractivity contribution is 0.0945. The maximum Gasteiger partial charge on any atom is 0.254 e. The summed E-state index contributed by atoms with van der Waals surface area (Å²) in [7, 11) is 1.80. The van der Waals surface area contributed by atoms with Crippen LogP contribution in [0.25, 0.3) is 11.2 Å². The zero-order valence-corrected chi connectivity index (χ0v) is 14.0. The van der Waals surface area contributed by atoms with Crippen molar-refractivity contribution in [2.24, 2.45) is 13.0 Å². The third-order valence-electron chi connectivity index (χ3n) is 4.64. The maximum atomic E-state index is 12.1. The van der Waals surface area contributed by atoms with Crippen molar-refractivity contribution >= 4 is 22.9 Å². The van der Waals surface area contributed by atoms with Crippen molar-refractivity contribution in [1.29, 1.82) is 0 Å². The van der Waals surface area contributed by atoms with Gasteiger partial charge in [-0.15, -0.1) is 0 Å². The molecule has 0 saturated carbocycles. The predicted octanol–water partition coefficient (Wildman–Crippen LogP) is 0.733. The Hall–Kier alpha value is -2.97. The molecule has 0 spiro atoms. The van der Waals surface area contributed by atoms with Gasteiger partial charge in [-0.25, -0.2) is 15.0 Å². The average molecular weight is 340 g/mol. The highest BCUT2D eigenvalue weighted by molar-refractivity contribution is 5.93. The number of carbonyl (C=O) groups excluding carboxylic acids is 1. The second-order valence-electron chi connectivity index (χ2n) is 6.34. The summed E-state index contributed by atoms with van der Waals surface area (Å²) in [5.41, 5.74) is 2.17. The van der Waals surface area contributed by atoms with Gasteiger partial charge >= 0.3 is 0 Å². The van der Waals surface area contributed by atoms with E-state index < -0.39 is 0 Å². The molecule has 0 atom stereocenters. The predicted molar refractivity (Wildman–Crippen MR) is 92.2 cm³/mol. The van der Waals surface area contributed by atoms with Gasteiger partial charge in [0.05, 0.1) is 18.1 Å². The summed E-state index contributed by atoms with van der Waals surface area (Å²) < 4.78 is 1.63. The van der Waals surface area contributed by atoms with Crippen LogP contribution in [0.2, 0.25) is 0 Å². The number of aryl methyl sites for hydroxylation is 1. The number of amides is 1. The highest BCUT2D eigenvalue weighted by Gasteiger charge is 2.23. The molecule has 3 aromatic rings. The third kappa shape index (κ3) is 3.17. The number of nitrogens with zero attached hydrogens (tertiary/aromatic N) is 6. The van der Waals surface area contributed by atoms with Gasteiger partial charge in [0.1, 0.15) is 11.8 Å². The maximum absolute atomic E-state index is 12.1. The smallest absolute Gasteiger partial charge is 0.254 e. The second-order valence-corrected chi connectivity index (χ2v) is 6.34. The Morgan fingerprint density at radius 2 is 2.16 bits per heavy atom. The standard InChI is InChI=1S/C16H20N8O/c1-23-8-12(7-22-23)16(25)17-6-11-2-4-24(5-3-11)15-13-14(19-9-18-13)20-10-21-15/h7-11H,2-6H2,1H3,(H,17,25)(H,18,19,20,21). The van der Waals surface area contributed by atoms with E-state index in [2.05, 4.69) is 35.3 Å². The van der Waals surface area contributed by atoms with Crippen LogP contribution in [-0.4, -0.2) is 55.3 Å². The molecule has 4 rings (SSSR count). The summed E-state index contributed by atoms with van der Waals surface area (Å²) in [5, 5.41) is 7.03. The number of fused-ring (bicyclic) bond motifs is 1. The number of imidazole rings is 1. The van der Waals surface area contributed by atoms with Crippen LogP contribution in [0.1, 0.15) is 23.2 Å². The minimum Gasteiger partial charge on any atom is -0.355 e. The molecule has 0 aromatic carbocycles. The van der Waals surface area contributed by atoms with Crippen LogP contribution < -0.4 is 10.2 Å². The quantitative estimate of drug-likeness (QED) is 0.726. The molecule has 3 aromatic heterocycles. The van der Waals surface area contributed by atoms with Crippen LogP contribution in [0.5, 0.6) is 0 Å². The van der Waals surface area contributed by atoms with E-state index in [0.29, 0.717) is 23.7 Å². The molecular formula is C16H20N8O. The first-order chi connectivity index (χ1) is 12.2. The number of hydrogen-bond acceptors (Lipinski definition) is 6. The number of aromatic amines is 1. The third-order valence-corrected chi connectivity index (χ3v) is 4.64. The van der Waals surface area contributed by atoms with Crippen molar-refractivity contribution in [3.8, 4) is 0 Å². The van der Waals surface area contributed by atoms with Crippen LogP contribution in [-0.2, 0) is 7.05 Å². The molecule has 4 heterocycles. The Labute approximate surface area is 144 Å². The summed E-state index contributed by atoms with van der Waals surface area (Å²) in [6.07, 6.45) is 8.52. The Kier molecular flexibility index (Phi) is 4.04. The Morgan fingerprint density at radius 1 is 1.32 bits per heavy atom. The van der Waals surface area contributed by atoms with Gasteiger partial charge in [0, 0.05) is 32.9 Å². The minimum absolute atomic E-state index is 0.0644. The zero-order valence-electron chi connectivity index (χ0n) is 14.0. The molecule has 1 aliphatic heterocycles. The molecule has 1 aliphatic rings. The van der Waals surface area contributed by atoms with Crippen molar-refractivity contribution in [3.63, 3.8) is 0 Å². The summed E-state index contributed by atoms with van der Waals surface area (Å²) in [4.78, 5) is 30.2. The van der Waals surface area contributed by atoms with E-state index in [9.17, 15) is 4.79 Å². The number of nitrogens with one attached hydrogen (secondary N) is 2. The van der Waals surface area contributed by atoms with Gasteiger partial charge in [0.2, 0.25) is 0 Å². The highest BCUT2D eigenvalue weighted by atomic mass is 16.1. The molecule has 1 fully saturated rings. The molecule has 25 heavy (non-hydrogen) atoms. The van der Waals surface area contributed by atoms with Crippen molar-refractivity contribution in [2.75, 3.05) is 24.5 Å². The first kappa shape index (κ1) is 15.6. The van der Waals surface area contributed by atoms with Gasteiger partial charge in [-0.3, -0.25) is 9.48 Å². The van der Waals surface area contributed by atoms with Crippen molar-refractivity contribution in [1.82, 2.24) is 35.0 Å². The largest absolute Gasteiger partial charge is 0.355 e. The van der Waals surface area contributed by atoms with Crippen molar-refractivity contribution < 1.29 is 4.79 Å². The van der Waals surface area contributed by atoms with Crippen LogP contribution in [0.4, 0.5) is 5.82 Å². The fourth-order valence-electron chi connectivity index (χ4n) is 3.22. The van der Waals surface area contributed by atoms with Crippen molar-refractivity contribution in [2.45, 2.75) is 12.8 Å². The molecule has 1 amide bonds. The molecule has 0 unspecified atom stereocenters. The normalized spacial score (nSPS) is 15.6. The van der Waals surface area contributed by atoms with Crippen LogP contribution in [0.3, 0.4) is 0 Å². The number of rotatable bonds is 4. The SMILES string of the molecule is Cn1cc(C(=O)NCC2CCN(c3ncnc4nc[nH]c34)CC2)cn1. The topological polar surface area (TPSA) is 105 Å². The number of carbonyl (C=O) groups is 1. The first-order valence-corrected chi connectivity index (χ1v) is 8.36. The molecule has 0 aliphatic carbocycles. The molecule has 2 N–H and O–H groups in total. The van der Waals surface area contributed by atoms with Crippen molar-refractivity contribution in [3.05, 3.63) is 30.6 Å². The number of H-pyrrole nitrogens is 1. The van der Waals surface area contributed by atoms with Gasteiger partial charge < -0.3 is 15.2 Å². The molecule has 130 valence electrons. The van der Waals surface area contributed by atoms with Gasteiger partial charge in [0.25, 0.3) is 5.91 Å². The van der Waals surface area contributed by atoms with E-state index in [0.717, 1.165) is 37.3 Å². The molecule has 9 nitrogen and oxygen atoms in total.